The van der Waals surface area contributed by atoms with E-state index in [9.17, 15) is 10.2 Å². The van der Waals surface area contributed by atoms with Gasteiger partial charge in [0.1, 0.15) is 0 Å². The Morgan fingerprint density at radius 1 is 0.617 bits per heavy atom. The van der Waals surface area contributed by atoms with Crippen LogP contribution in [-0.2, 0) is 14.7 Å². The van der Waals surface area contributed by atoms with Gasteiger partial charge in [-0.2, -0.15) is 0 Å². The first-order chi connectivity index (χ1) is 21.9. The lowest BCUT2D eigenvalue weighted by Crippen LogP contribution is -2.49. The van der Waals surface area contributed by atoms with Gasteiger partial charge in [-0.05, 0) is 102 Å². The van der Waals surface area contributed by atoms with Gasteiger partial charge in [0.15, 0.2) is 0 Å². The van der Waals surface area contributed by atoms with Crippen LogP contribution in [0.2, 0.25) is 0 Å². The third-order valence-corrected chi connectivity index (χ3v) is 11.7. The summed E-state index contributed by atoms with van der Waals surface area (Å²) in [6.07, 6.45) is 12.0. The molecule has 0 heterocycles. The molecule has 2 atom stereocenters. The van der Waals surface area contributed by atoms with E-state index in [0.717, 1.165) is 23.8 Å². The average Bonchev–Trinajstić information content (AvgIpc) is 3.26. The largest absolute Gasteiger partial charge is 0.427 e. The van der Waals surface area contributed by atoms with Gasteiger partial charge in [0, 0.05) is 5.41 Å². The smallest absolute Gasteiger partial charge is 0.330 e. The number of hydrogen-bond acceptors (Lipinski definition) is 4. The molecule has 1 aliphatic carbocycles. The molecule has 4 nitrogen and oxygen atoms in total. The number of benzene rings is 2. The summed E-state index contributed by atoms with van der Waals surface area (Å²) in [6, 6.07) is 13.7. The molecule has 47 heavy (non-hydrogen) atoms. The fourth-order valence-electron chi connectivity index (χ4n) is 6.79. The minimum atomic E-state index is -0.990. The minimum Gasteiger partial charge on any atom is -0.427 e. The summed E-state index contributed by atoms with van der Waals surface area (Å²) in [7, 11) is 3.70. The maximum atomic E-state index is 10.8. The Bertz CT molecular complexity index is 1190. The molecule has 2 aromatic rings. The first-order valence-corrected chi connectivity index (χ1v) is 18.6. The van der Waals surface area contributed by atoms with Crippen LogP contribution in [-0.4, -0.2) is 47.6 Å². The third-order valence-electron chi connectivity index (χ3n) is 11.7. The summed E-state index contributed by atoms with van der Waals surface area (Å²) in [5.41, 5.74) is 3.91. The number of unbranched alkanes of at least 4 members (excludes halogenated alkanes) is 2. The summed E-state index contributed by atoms with van der Waals surface area (Å²) < 4.78 is 12.6. The highest BCUT2D eigenvalue weighted by Crippen LogP contribution is 2.55. The first-order valence-electron chi connectivity index (χ1n) is 18.6. The normalized spacial score (nSPS) is 16.0. The van der Waals surface area contributed by atoms with Crippen LogP contribution in [0.1, 0.15) is 158 Å². The number of aliphatic hydroxyl groups is 2. The van der Waals surface area contributed by atoms with Gasteiger partial charge in [-0.3, -0.25) is 0 Å². The van der Waals surface area contributed by atoms with Gasteiger partial charge in [0.05, 0.1) is 22.4 Å². The van der Waals surface area contributed by atoms with Gasteiger partial charge in [-0.15, -0.1) is 0 Å². The average molecular weight is 645 g/mol. The molecule has 0 saturated carbocycles. The number of rotatable bonds is 20. The maximum Gasteiger partial charge on any atom is 0.330 e. The molecule has 1 aliphatic rings. The highest BCUT2D eigenvalue weighted by atomic mass is 16.5. The fourth-order valence-corrected chi connectivity index (χ4v) is 6.79. The van der Waals surface area contributed by atoms with E-state index < -0.39 is 22.4 Å². The predicted octanol–water partition coefficient (Wildman–Crippen LogP) is 8.79. The molecule has 2 unspecified atom stereocenters. The highest BCUT2D eigenvalue weighted by Gasteiger charge is 2.46. The zero-order valence-electron chi connectivity index (χ0n) is 32.1. The molecule has 2 radical (unpaired) electrons. The van der Waals surface area contributed by atoms with Crippen molar-refractivity contribution in [2.75, 3.05) is 0 Å². The molecule has 0 aromatic heterocycles. The topological polar surface area (TPSA) is 58.9 Å². The van der Waals surface area contributed by atoms with Gasteiger partial charge in [-0.1, -0.05) is 126 Å². The van der Waals surface area contributed by atoms with Crippen LogP contribution in [0.3, 0.4) is 0 Å². The van der Waals surface area contributed by atoms with E-state index in [2.05, 4.69) is 64.1 Å². The predicted molar refractivity (Wildman–Crippen MR) is 202 cm³/mol. The minimum absolute atomic E-state index is 0.140. The zero-order chi connectivity index (χ0) is 35.3. The molecule has 3 rings (SSSR count). The van der Waals surface area contributed by atoms with Crippen molar-refractivity contribution in [3.05, 3.63) is 47.5 Å². The van der Waals surface area contributed by atoms with Crippen molar-refractivity contribution >= 4 is 25.9 Å². The molecule has 0 amide bonds. The van der Waals surface area contributed by atoms with Crippen molar-refractivity contribution in [2.24, 2.45) is 11.8 Å². The van der Waals surface area contributed by atoms with Crippen molar-refractivity contribution in [3.63, 3.8) is 0 Å². The second-order valence-electron chi connectivity index (χ2n) is 16.5. The molecular formula is C41H66B2O4. The van der Waals surface area contributed by atoms with Crippen LogP contribution in [0.15, 0.2) is 36.4 Å². The first kappa shape index (κ1) is 39.8. The van der Waals surface area contributed by atoms with Crippen LogP contribution in [0.25, 0.3) is 11.1 Å². The van der Waals surface area contributed by atoms with E-state index in [1.807, 2.05) is 42.7 Å². The van der Waals surface area contributed by atoms with Crippen LogP contribution < -0.4 is 10.9 Å². The Kier molecular flexibility index (Phi) is 13.5. The molecule has 2 aromatic carbocycles. The second-order valence-corrected chi connectivity index (χ2v) is 16.5. The standard InChI is InChI=1S/C41H66B2O4/c1-13-17-19-29(15-3)27-41(28-30(16-4)20-18-14-2)35-25-31(42-46-39(9,10)37(5,6)44)21-23-33(35)34-24-22-32(26-36(34)41)43-47-40(11,12)38(7,8)45/h21-26,29-30,44-45H,13-20,27-28H2,1-12H3. The molecule has 2 N–H and O–H groups in total. The van der Waals surface area contributed by atoms with E-state index in [4.69, 9.17) is 9.31 Å². The van der Waals surface area contributed by atoms with E-state index in [-0.39, 0.29) is 5.41 Å². The fraction of sp³-hybridized carbons (Fsp3) is 0.707. The Balaban J connectivity index is 2.21. The summed E-state index contributed by atoms with van der Waals surface area (Å²) in [5, 5.41) is 21.5. The lowest BCUT2D eigenvalue weighted by Gasteiger charge is -2.39. The molecule has 0 spiro atoms. The van der Waals surface area contributed by atoms with Crippen LogP contribution in [0, 0.1) is 11.8 Å². The Labute approximate surface area is 290 Å². The maximum absolute atomic E-state index is 10.8. The van der Waals surface area contributed by atoms with E-state index in [1.54, 1.807) is 27.7 Å². The molecule has 260 valence electrons. The Morgan fingerprint density at radius 3 is 1.28 bits per heavy atom. The van der Waals surface area contributed by atoms with Crippen molar-refractivity contribution < 1.29 is 19.5 Å². The van der Waals surface area contributed by atoms with E-state index >= 15 is 0 Å². The van der Waals surface area contributed by atoms with E-state index in [1.165, 1.54) is 73.6 Å². The molecule has 0 fully saturated rings. The van der Waals surface area contributed by atoms with Crippen LogP contribution in [0.4, 0.5) is 0 Å². The Morgan fingerprint density at radius 2 is 0.979 bits per heavy atom. The van der Waals surface area contributed by atoms with Gasteiger partial charge in [0.2, 0.25) is 0 Å². The molecular weight excluding hydrogens is 578 g/mol. The number of hydrogen-bond donors (Lipinski definition) is 2. The van der Waals surface area contributed by atoms with Gasteiger partial charge < -0.3 is 19.5 Å². The van der Waals surface area contributed by atoms with Crippen LogP contribution >= 0.6 is 0 Å². The summed E-state index contributed by atoms with van der Waals surface area (Å²) in [6.45, 7) is 24.3. The summed E-state index contributed by atoms with van der Waals surface area (Å²) in [4.78, 5) is 0. The highest BCUT2D eigenvalue weighted by molar-refractivity contribution is 6.47. The monoisotopic (exact) mass is 645 g/mol. The van der Waals surface area contributed by atoms with E-state index in [0.29, 0.717) is 11.8 Å². The lowest BCUT2D eigenvalue weighted by molar-refractivity contribution is -0.0893. The van der Waals surface area contributed by atoms with Crippen molar-refractivity contribution in [3.8, 4) is 11.1 Å². The van der Waals surface area contributed by atoms with Gasteiger partial charge in [0.25, 0.3) is 0 Å². The summed E-state index contributed by atoms with van der Waals surface area (Å²) in [5.74, 6) is 1.24. The van der Waals surface area contributed by atoms with Crippen molar-refractivity contribution in [1.82, 2.24) is 0 Å². The Hall–Kier alpha value is -1.59. The molecule has 0 aliphatic heterocycles. The van der Waals surface area contributed by atoms with Gasteiger partial charge >= 0.3 is 15.0 Å². The molecule has 6 heteroatoms. The second kappa shape index (κ2) is 16.0. The molecule has 0 saturated heterocycles. The summed E-state index contributed by atoms with van der Waals surface area (Å²) >= 11 is 0. The van der Waals surface area contributed by atoms with Crippen molar-refractivity contribution in [1.29, 1.82) is 0 Å². The number of fused-ring (bicyclic) bond motifs is 3. The molecule has 0 bridgehead atoms. The SMILES string of the molecule is CCCCC(CC)CC1(CC(CC)CCCC)c2cc([B]OC(C)(C)C(C)(C)O)ccc2-c2ccc([B]OC(C)(C)C(C)(C)O)cc21. The zero-order valence-corrected chi connectivity index (χ0v) is 32.1. The lowest BCUT2D eigenvalue weighted by atomic mass is 9.64. The van der Waals surface area contributed by atoms with Crippen molar-refractivity contribution in [2.45, 2.75) is 175 Å². The van der Waals surface area contributed by atoms with Gasteiger partial charge in [-0.25, -0.2) is 0 Å². The third kappa shape index (κ3) is 9.35. The van der Waals surface area contributed by atoms with Crippen LogP contribution in [0.5, 0.6) is 0 Å². The quantitative estimate of drug-likeness (QED) is 0.142.